The second-order valence-electron chi connectivity index (χ2n) is 8.68. The van der Waals surface area contributed by atoms with Crippen LogP contribution >= 0.6 is 0 Å². The number of hydrogen-bond donors (Lipinski definition) is 2. The molecule has 9 heteroatoms. The molecule has 3 fully saturated rings. The normalized spacial score (nSPS) is 37.4. The molecule has 1 aliphatic heterocycles. The third kappa shape index (κ3) is 4.16. The van der Waals surface area contributed by atoms with Crippen LogP contribution in [0.15, 0.2) is 23.8 Å². The number of carbonyl (C=O) groups is 4. The summed E-state index contributed by atoms with van der Waals surface area (Å²) in [7, 11) is 0. The fraction of sp³-hybridized carbons (Fsp3) is 0.636. The summed E-state index contributed by atoms with van der Waals surface area (Å²) < 4.78 is 16.0. The van der Waals surface area contributed by atoms with Gasteiger partial charge in [0.25, 0.3) is 0 Å². The monoisotopic (exact) mass is 436 g/mol. The van der Waals surface area contributed by atoms with Crippen molar-refractivity contribution in [3.05, 3.63) is 23.8 Å². The molecule has 0 aromatic heterocycles. The first-order valence-electron chi connectivity index (χ1n) is 10.3. The highest BCUT2D eigenvalue weighted by Gasteiger charge is 2.63. The van der Waals surface area contributed by atoms with E-state index < -0.39 is 66.0 Å². The zero-order valence-electron chi connectivity index (χ0n) is 17.6. The molecule has 0 spiro atoms. The van der Waals surface area contributed by atoms with Crippen molar-refractivity contribution in [3.63, 3.8) is 0 Å². The smallest absolute Gasteiger partial charge is 0.336 e. The summed E-state index contributed by atoms with van der Waals surface area (Å²) in [6, 6.07) is 0. The van der Waals surface area contributed by atoms with Gasteiger partial charge in [-0.15, -0.1) is 0 Å². The van der Waals surface area contributed by atoms with Crippen LogP contribution in [0, 0.1) is 23.2 Å². The van der Waals surface area contributed by atoms with E-state index in [4.69, 9.17) is 14.2 Å². The maximum Gasteiger partial charge on any atom is 0.336 e. The molecule has 2 aliphatic carbocycles. The molecule has 9 nitrogen and oxygen atoms in total. The number of aldehydes is 1. The van der Waals surface area contributed by atoms with Crippen LogP contribution in [0.25, 0.3) is 0 Å². The van der Waals surface area contributed by atoms with Crippen LogP contribution in [-0.4, -0.2) is 65.9 Å². The molecule has 0 aromatic rings. The fourth-order valence-electron chi connectivity index (χ4n) is 5.31. The van der Waals surface area contributed by atoms with Crippen LogP contribution in [0.3, 0.4) is 0 Å². The van der Waals surface area contributed by atoms with Crippen LogP contribution in [0.2, 0.25) is 0 Å². The van der Waals surface area contributed by atoms with E-state index in [1.165, 1.54) is 13.0 Å². The summed E-state index contributed by atoms with van der Waals surface area (Å²) in [4.78, 5) is 47.7. The predicted molar refractivity (Wildman–Crippen MR) is 105 cm³/mol. The molecule has 2 N–H and O–H groups in total. The quantitative estimate of drug-likeness (QED) is 0.263. The Kier molecular flexibility index (Phi) is 6.66. The van der Waals surface area contributed by atoms with Crippen molar-refractivity contribution in [2.24, 2.45) is 23.2 Å². The van der Waals surface area contributed by atoms with Gasteiger partial charge in [-0.1, -0.05) is 13.5 Å². The van der Waals surface area contributed by atoms with Gasteiger partial charge in [0.1, 0.15) is 25.1 Å². The van der Waals surface area contributed by atoms with Crippen LogP contribution in [0.5, 0.6) is 0 Å². The average molecular weight is 436 g/mol. The largest absolute Gasteiger partial charge is 0.462 e. The van der Waals surface area contributed by atoms with E-state index in [0.29, 0.717) is 12.8 Å². The van der Waals surface area contributed by atoms with E-state index in [-0.39, 0.29) is 24.2 Å². The molecule has 1 saturated heterocycles. The minimum absolute atomic E-state index is 0.101. The first-order chi connectivity index (χ1) is 14.6. The van der Waals surface area contributed by atoms with Crippen molar-refractivity contribution in [3.8, 4) is 0 Å². The summed E-state index contributed by atoms with van der Waals surface area (Å²) in [6.45, 7) is 6.00. The van der Waals surface area contributed by atoms with Gasteiger partial charge in [-0.3, -0.25) is 4.79 Å². The molecular weight excluding hydrogens is 408 g/mol. The van der Waals surface area contributed by atoms with Gasteiger partial charge in [0, 0.05) is 29.7 Å². The van der Waals surface area contributed by atoms with Crippen LogP contribution in [-0.2, 0) is 33.4 Å². The van der Waals surface area contributed by atoms with Crippen molar-refractivity contribution in [1.29, 1.82) is 0 Å². The number of carbonyl (C=O) groups excluding carboxylic acids is 4. The van der Waals surface area contributed by atoms with Gasteiger partial charge in [-0.05, 0) is 25.3 Å². The van der Waals surface area contributed by atoms with Gasteiger partial charge in [0.15, 0.2) is 0 Å². The Morgan fingerprint density at radius 1 is 1.35 bits per heavy atom. The Bertz CT molecular complexity index is 816. The molecule has 170 valence electrons. The predicted octanol–water partition coefficient (Wildman–Crippen LogP) is 0.474. The highest BCUT2D eigenvalue weighted by Crippen LogP contribution is 2.58. The van der Waals surface area contributed by atoms with Gasteiger partial charge in [0.05, 0.1) is 24.2 Å². The van der Waals surface area contributed by atoms with Crippen molar-refractivity contribution < 1.29 is 43.6 Å². The van der Waals surface area contributed by atoms with Gasteiger partial charge >= 0.3 is 17.9 Å². The third-order valence-electron chi connectivity index (χ3n) is 6.90. The van der Waals surface area contributed by atoms with Crippen LogP contribution < -0.4 is 0 Å². The van der Waals surface area contributed by atoms with Gasteiger partial charge < -0.3 is 29.2 Å². The first kappa shape index (κ1) is 23.1. The van der Waals surface area contributed by atoms with Crippen molar-refractivity contribution in [2.45, 2.75) is 51.4 Å². The second-order valence-corrected chi connectivity index (χ2v) is 8.68. The standard InChI is InChI=1S/C22H28O9/c1-11-17-15(30-21(28)14(10-24)6-7-29-12(2)25)8-22(3)16(26)5-4-13(9-23)18(22)19(17)31-20(11)27/h6,9,13,15-19,24,26H,1,4-5,7-8,10H2,2-3H3/b14-6+/t13-,15+,16-,17-,18-,19-,22+/m1/s1. The van der Waals surface area contributed by atoms with E-state index >= 15 is 0 Å². The Morgan fingerprint density at radius 3 is 2.68 bits per heavy atom. The minimum atomic E-state index is -0.846. The molecule has 3 aliphatic rings. The number of ether oxygens (including phenoxy) is 3. The Balaban J connectivity index is 1.89. The summed E-state index contributed by atoms with van der Waals surface area (Å²) in [5.74, 6) is -3.45. The van der Waals surface area contributed by atoms with E-state index in [1.807, 2.05) is 6.92 Å². The van der Waals surface area contributed by atoms with Crippen molar-refractivity contribution in [2.75, 3.05) is 13.2 Å². The van der Waals surface area contributed by atoms with Crippen molar-refractivity contribution >= 4 is 24.2 Å². The lowest BCUT2D eigenvalue weighted by molar-refractivity contribution is -0.194. The highest BCUT2D eigenvalue weighted by molar-refractivity contribution is 5.92. The Morgan fingerprint density at radius 2 is 2.06 bits per heavy atom. The number of fused-ring (bicyclic) bond motifs is 3. The second kappa shape index (κ2) is 8.92. The highest BCUT2D eigenvalue weighted by atomic mass is 16.6. The van der Waals surface area contributed by atoms with E-state index in [1.54, 1.807) is 0 Å². The lowest BCUT2D eigenvalue weighted by Gasteiger charge is -2.55. The van der Waals surface area contributed by atoms with E-state index in [0.717, 1.165) is 6.29 Å². The summed E-state index contributed by atoms with van der Waals surface area (Å²) >= 11 is 0. The molecule has 1 heterocycles. The number of aliphatic hydroxyl groups is 2. The zero-order chi connectivity index (χ0) is 22.9. The molecule has 3 rings (SSSR count). The first-order valence-corrected chi connectivity index (χ1v) is 10.3. The fourth-order valence-corrected chi connectivity index (χ4v) is 5.31. The van der Waals surface area contributed by atoms with Gasteiger partial charge in [-0.25, -0.2) is 9.59 Å². The molecule has 2 saturated carbocycles. The van der Waals surface area contributed by atoms with Crippen LogP contribution in [0.4, 0.5) is 0 Å². The van der Waals surface area contributed by atoms with Crippen LogP contribution in [0.1, 0.15) is 33.1 Å². The topological polar surface area (TPSA) is 136 Å². The van der Waals surface area contributed by atoms with Gasteiger partial charge in [-0.2, -0.15) is 0 Å². The maximum atomic E-state index is 12.7. The molecular formula is C22H28O9. The lowest BCUT2D eigenvalue weighted by Crippen LogP contribution is -2.60. The van der Waals surface area contributed by atoms with Gasteiger partial charge in [0.2, 0.25) is 0 Å². The number of esters is 3. The summed E-state index contributed by atoms with van der Waals surface area (Å²) in [5.41, 5.74) is -0.762. The lowest BCUT2D eigenvalue weighted by atomic mass is 9.51. The SMILES string of the molecule is C=C1C(=O)O[C@@H]2[C@H]1[C@@H](OC(=O)/C(=C/COC(C)=O)CO)C[C@]1(C)[C@@H]2[C@@H](C=O)CC[C@H]1O. The molecule has 31 heavy (non-hydrogen) atoms. The Labute approximate surface area is 180 Å². The number of rotatable bonds is 6. The number of aliphatic hydroxyl groups excluding tert-OH is 2. The maximum absolute atomic E-state index is 12.7. The molecule has 0 aromatic carbocycles. The summed E-state index contributed by atoms with van der Waals surface area (Å²) in [6.07, 6.45) is 0.829. The average Bonchev–Trinajstić information content (AvgIpc) is 3.00. The molecule has 0 bridgehead atoms. The molecule has 7 atom stereocenters. The van der Waals surface area contributed by atoms with E-state index in [2.05, 4.69) is 6.58 Å². The molecule has 0 amide bonds. The summed E-state index contributed by atoms with van der Waals surface area (Å²) in [5, 5.41) is 20.3. The third-order valence-corrected chi connectivity index (χ3v) is 6.90. The van der Waals surface area contributed by atoms with Crippen molar-refractivity contribution in [1.82, 2.24) is 0 Å². The molecule has 0 unspecified atom stereocenters. The zero-order valence-corrected chi connectivity index (χ0v) is 17.6. The Hall–Kier alpha value is -2.52. The number of hydrogen-bond acceptors (Lipinski definition) is 9. The minimum Gasteiger partial charge on any atom is -0.462 e. The molecule has 0 radical (unpaired) electrons. The van der Waals surface area contributed by atoms with E-state index in [9.17, 15) is 29.4 Å².